The van der Waals surface area contributed by atoms with E-state index in [4.69, 9.17) is 4.42 Å². The van der Waals surface area contributed by atoms with Crippen molar-refractivity contribution in [3.63, 3.8) is 0 Å². The second-order valence-corrected chi connectivity index (χ2v) is 5.79. The predicted octanol–water partition coefficient (Wildman–Crippen LogP) is 3.71. The standard InChI is InChI=1S/C19H23N5O.HI/c1-4-20-19(22-11-15-9-10-21-14(3)24-15)23-12-18-13(2)16-7-5-6-8-17(16)25-18;/h5-10H,4,11-12H2,1-3H3,(H2,20,22,23);1H. The molecule has 2 N–H and O–H groups in total. The highest BCUT2D eigenvalue weighted by Gasteiger charge is 2.10. The maximum Gasteiger partial charge on any atom is 0.192 e. The van der Waals surface area contributed by atoms with Gasteiger partial charge in [-0.1, -0.05) is 18.2 Å². The molecule has 0 saturated heterocycles. The summed E-state index contributed by atoms with van der Waals surface area (Å²) in [6, 6.07) is 9.95. The summed E-state index contributed by atoms with van der Waals surface area (Å²) in [7, 11) is 0. The van der Waals surface area contributed by atoms with Gasteiger partial charge in [-0.05, 0) is 32.9 Å². The average molecular weight is 465 g/mol. The molecule has 1 aromatic carbocycles. The number of aromatic nitrogens is 2. The molecule has 0 spiro atoms. The molecular weight excluding hydrogens is 441 g/mol. The number of para-hydroxylation sites is 1. The molecule has 0 unspecified atom stereocenters. The molecule has 0 saturated carbocycles. The number of guanidine groups is 1. The Morgan fingerprint density at radius 2 is 1.96 bits per heavy atom. The summed E-state index contributed by atoms with van der Waals surface area (Å²) < 4.78 is 5.94. The zero-order chi connectivity index (χ0) is 17.6. The van der Waals surface area contributed by atoms with Crippen molar-refractivity contribution in [3.05, 3.63) is 59.4 Å². The van der Waals surface area contributed by atoms with Gasteiger partial charge in [0.1, 0.15) is 17.2 Å². The lowest BCUT2D eigenvalue weighted by Gasteiger charge is -2.10. The molecule has 0 aliphatic heterocycles. The van der Waals surface area contributed by atoms with Gasteiger partial charge in [0.25, 0.3) is 0 Å². The first-order valence-corrected chi connectivity index (χ1v) is 8.45. The topological polar surface area (TPSA) is 75.3 Å². The van der Waals surface area contributed by atoms with Crippen LogP contribution in [0.3, 0.4) is 0 Å². The van der Waals surface area contributed by atoms with Crippen molar-refractivity contribution in [2.24, 2.45) is 4.99 Å². The normalized spacial score (nSPS) is 11.3. The Labute approximate surface area is 170 Å². The second-order valence-electron chi connectivity index (χ2n) is 5.79. The Bertz CT molecular complexity index is 891. The summed E-state index contributed by atoms with van der Waals surface area (Å²) in [6.07, 6.45) is 1.76. The lowest BCUT2D eigenvalue weighted by molar-refractivity contribution is 0.534. The van der Waals surface area contributed by atoms with E-state index in [0.717, 1.165) is 46.3 Å². The van der Waals surface area contributed by atoms with Crippen molar-refractivity contribution in [1.82, 2.24) is 20.6 Å². The van der Waals surface area contributed by atoms with Crippen LogP contribution in [-0.2, 0) is 13.1 Å². The molecule has 7 heteroatoms. The first-order valence-electron chi connectivity index (χ1n) is 8.45. The fourth-order valence-electron chi connectivity index (χ4n) is 2.65. The average Bonchev–Trinajstić information content (AvgIpc) is 2.94. The molecule has 138 valence electrons. The van der Waals surface area contributed by atoms with E-state index in [1.165, 1.54) is 0 Å². The Hall–Kier alpha value is -2.16. The van der Waals surface area contributed by atoms with Crippen LogP contribution < -0.4 is 10.6 Å². The minimum Gasteiger partial charge on any atom is -0.459 e. The molecule has 0 atom stereocenters. The van der Waals surface area contributed by atoms with Gasteiger partial charge in [0.05, 0.1) is 18.8 Å². The lowest BCUT2D eigenvalue weighted by Crippen LogP contribution is -2.36. The van der Waals surface area contributed by atoms with E-state index >= 15 is 0 Å². The quantitative estimate of drug-likeness (QED) is 0.342. The van der Waals surface area contributed by atoms with Gasteiger partial charge in [0.2, 0.25) is 0 Å². The van der Waals surface area contributed by atoms with Crippen LogP contribution in [0.25, 0.3) is 11.0 Å². The summed E-state index contributed by atoms with van der Waals surface area (Å²) in [4.78, 5) is 13.1. The highest BCUT2D eigenvalue weighted by Crippen LogP contribution is 2.24. The summed E-state index contributed by atoms with van der Waals surface area (Å²) in [5, 5.41) is 7.72. The predicted molar refractivity (Wildman–Crippen MR) is 115 cm³/mol. The summed E-state index contributed by atoms with van der Waals surface area (Å²) in [5.74, 6) is 2.41. The van der Waals surface area contributed by atoms with Crippen molar-refractivity contribution in [1.29, 1.82) is 0 Å². The SMILES string of the molecule is CCNC(=NCc1ccnc(C)n1)NCc1oc2ccccc2c1C.I. The Kier molecular flexibility index (Phi) is 7.38. The monoisotopic (exact) mass is 465 g/mol. The van der Waals surface area contributed by atoms with Crippen molar-refractivity contribution >= 4 is 40.9 Å². The Morgan fingerprint density at radius 1 is 1.15 bits per heavy atom. The van der Waals surface area contributed by atoms with Crippen molar-refractivity contribution < 1.29 is 4.42 Å². The molecular formula is C19H24IN5O. The number of fused-ring (bicyclic) bond motifs is 1. The first kappa shape index (κ1) is 20.2. The van der Waals surface area contributed by atoms with Gasteiger partial charge in [0.15, 0.2) is 5.96 Å². The van der Waals surface area contributed by atoms with Crippen LogP contribution >= 0.6 is 24.0 Å². The van der Waals surface area contributed by atoms with Crippen LogP contribution in [0, 0.1) is 13.8 Å². The fraction of sp³-hybridized carbons (Fsp3) is 0.316. The zero-order valence-corrected chi connectivity index (χ0v) is 17.6. The van der Waals surface area contributed by atoms with Crippen LogP contribution in [0.1, 0.15) is 29.8 Å². The third-order valence-electron chi connectivity index (χ3n) is 3.94. The van der Waals surface area contributed by atoms with E-state index in [1.54, 1.807) is 6.20 Å². The fourth-order valence-corrected chi connectivity index (χ4v) is 2.65. The van der Waals surface area contributed by atoms with E-state index in [1.807, 2.05) is 38.1 Å². The number of benzene rings is 1. The summed E-state index contributed by atoms with van der Waals surface area (Å²) in [6.45, 7) is 7.86. The second kappa shape index (κ2) is 9.51. The maximum atomic E-state index is 5.94. The number of aliphatic imine (C=N–C) groups is 1. The Balaban J connectivity index is 0.00000243. The zero-order valence-electron chi connectivity index (χ0n) is 15.2. The summed E-state index contributed by atoms with van der Waals surface area (Å²) >= 11 is 0. The number of halogens is 1. The number of hydrogen-bond donors (Lipinski definition) is 2. The highest BCUT2D eigenvalue weighted by atomic mass is 127. The van der Waals surface area contributed by atoms with Gasteiger partial charge in [0, 0.05) is 23.7 Å². The van der Waals surface area contributed by atoms with E-state index in [0.29, 0.717) is 13.1 Å². The largest absolute Gasteiger partial charge is 0.459 e. The van der Waals surface area contributed by atoms with Gasteiger partial charge in [-0.2, -0.15) is 0 Å². The number of nitrogens with zero attached hydrogens (tertiary/aromatic N) is 3. The maximum absolute atomic E-state index is 5.94. The van der Waals surface area contributed by atoms with Crippen molar-refractivity contribution in [2.45, 2.75) is 33.9 Å². The molecule has 0 aliphatic carbocycles. The number of aryl methyl sites for hydroxylation is 2. The Morgan fingerprint density at radius 3 is 2.69 bits per heavy atom. The number of hydrogen-bond acceptors (Lipinski definition) is 4. The third-order valence-corrected chi connectivity index (χ3v) is 3.94. The molecule has 2 heterocycles. The molecule has 0 radical (unpaired) electrons. The molecule has 0 aliphatic rings. The molecule has 0 fully saturated rings. The van der Waals surface area contributed by atoms with Crippen molar-refractivity contribution in [3.8, 4) is 0 Å². The van der Waals surface area contributed by atoms with Crippen LogP contribution in [-0.4, -0.2) is 22.5 Å². The van der Waals surface area contributed by atoms with Crippen LogP contribution in [0.5, 0.6) is 0 Å². The van der Waals surface area contributed by atoms with Gasteiger partial charge < -0.3 is 15.1 Å². The molecule has 2 aromatic heterocycles. The third kappa shape index (κ3) is 4.94. The van der Waals surface area contributed by atoms with Gasteiger partial charge in [-0.25, -0.2) is 15.0 Å². The van der Waals surface area contributed by atoms with E-state index in [9.17, 15) is 0 Å². The highest BCUT2D eigenvalue weighted by molar-refractivity contribution is 14.0. The number of furan rings is 1. The lowest BCUT2D eigenvalue weighted by atomic mass is 10.1. The van der Waals surface area contributed by atoms with E-state index in [-0.39, 0.29) is 24.0 Å². The van der Waals surface area contributed by atoms with Crippen LogP contribution in [0.2, 0.25) is 0 Å². The van der Waals surface area contributed by atoms with Crippen LogP contribution in [0.4, 0.5) is 0 Å². The van der Waals surface area contributed by atoms with E-state index < -0.39 is 0 Å². The van der Waals surface area contributed by atoms with E-state index in [2.05, 4.69) is 38.6 Å². The van der Waals surface area contributed by atoms with Gasteiger partial charge in [-0.3, -0.25) is 0 Å². The molecule has 0 bridgehead atoms. The number of nitrogens with one attached hydrogen (secondary N) is 2. The minimum absolute atomic E-state index is 0. The molecule has 26 heavy (non-hydrogen) atoms. The molecule has 3 rings (SSSR count). The smallest absolute Gasteiger partial charge is 0.192 e. The molecule has 3 aromatic rings. The van der Waals surface area contributed by atoms with Gasteiger partial charge in [-0.15, -0.1) is 24.0 Å². The molecule has 0 amide bonds. The van der Waals surface area contributed by atoms with Crippen molar-refractivity contribution in [2.75, 3.05) is 6.54 Å². The van der Waals surface area contributed by atoms with Gasteiger partial charge >= 0.3 is 0 Å². The first-order chi connectivity index (χ1) is 12.2. The molecule has 6 nitrogen and oxygen atoms in total. The summed E-state index contributed by atoms with van der Waals surface area (Å²) in [5.41, 5.74) is 2.96. The minimum atomic E-state index is 0. The number of rotatable bonds is 5. The van der Waals surface area contributed by atoms with Crippen LogP contribution in [0.15, 0.2) is 45.9 Å².